The van der Waals surface area contributed by atoms with Gasteiger partial charge in [-0.3, -0.25) is 9.69 Å². The van der Waals surface area contributed by atoms with Crippen molar-refractivity contribution < 1.29 is 9.90 Å². The summed E-state index contributed by atoms with van der Waals surface area (Å²) in [7, 11) is 0. The average Bonchev–Trinajstić information content (AvgIpc) is 2.59. The smallest absolute Gasteiger partial charge is 0.317 e. The molecule has 1 fully saturated rings. The Morgan fingerprint density at radius 3 is 2.73 bits per heavy atom. The molecule has 0 spiro atoms. The molecule has 0 amide bonds. The van der Waals surface area contributed by atoms with Gasteiger partial charge >= 0.3 is 5.97 Å². The highest BCUT2D eigenvalue weighted by atomic mass is 32.2. The van der Waals surface area contributed by atoms with E-state index >= 15 is 0 Å². The molecule has 1 N–H and O–H groups in total. The number of rotatable bonds is 5. The van der Waals surface area contributed by atoms with Gasteiger partial charge in [0, 0.05) is 17.3 Å². The van der Waals surface area contributed by atoms with Crippen LogP contribution in [0.4, 0.5) is 0 Å². The maximum Gasteiger partial charge on any atom is 0.317 e. The molecule has 3 atom stereocenters. The van der Waals surface area contributed by atoms with E-state index in [-0.39, 0.29) is 6.54 Å². The molecule has 1 heterocycles. The molecule has 1 aliphatic rings. The Labute approximate surface area is 96.2 Å². The van der Waals surface area contributed by atoms with Crippen LogP contribution in [-0.4, -0.2) is 45.6 Å². The van der Waals surface area contributed by atoms with Gasteiger partial charge in [-0.25, -0.2) is 0 Å². The van der Waals surface area contributed by atoms with Gasteiger partial charge in [0.1, 0.15) is 0 Å². The molecule has 88 valence electrons. The van der Waals surface area contributed by atoms with Gasteiger partial charge in [-0.05, 0) is 25.5 Å². The van der Waals surface area contributed by atoms with Crippen LogP contribution in [-0.2, 0) is 4.79 Å². The average molecular weight is 231 g/mol. The number of carboxylic acid groups (broad SMARTS) is 1. The predicted molar refractivity (Wildman–Crippen MR) is 64.4 cm³/mol. The third-order valence-electron chi connectivity index (χ3n) is 3.24. The molecular formula is C11H21NO2S. The van der Waals surface area contributed by atoms with Gasteiger partial charge in [-0.15, -0.1) is 0 Å². The van der Waals surface area contributed by atoms with Crippen molar-refractivity contribution in [1.82, 2.24) is 4.90 Å². The number of hydrogen-bond acceptors (Lipinski definition) is 3. The van der Waals surface area contributed by atoms with Gasteiger partial charge in [-0.1, -0.05) is 13.8 Å². The van der Waals surface area contributed by atoms with E-state index in [1.54, 1.807) is 0 Å². The molecule has 0 aliphatic carbocycles. The topological polar surface area (TPSA) is 40.5 Å². The zero-order chi connectivity index (χ0) is 11.4. The Morgan fingerprint density at radius 2 is 2.33 bits per heavy atom. The summed E-state index contributed by atoms with van der Waals surface area (Å²) >= 11 is 1.95. The molecule has 1 rings (SSSR count). The molecule has 1 aliphatic heterocycles. The predicted octanol–water partition coefficient (Wildman–Crippen LogP) is 2.07. The van der Waals surface area contributed by atoms with Crippen LogP contribution in [0.2, 0.25) is 0 Å². The second-order valence-corrected chi connectivity index (χ2v) is 5.74. The number of nitrogens with zero attached hydrogens (tertiary/aromatic N) is 1. The summed E-state index contributed by atoms with van der Waals surface area (Å²) in [6, 6.07) is 0.813. The monoisotopic (exact) mass is 231 g/mol. The van der Waals surface area contributed by atoms with Crippen LogP contribution in [0.3, 0.4) is 0 Å². The quantitative estimate of drug-likeness (QED) is 0.786. The standard InChI is InChI=1S/C11H21NO2S/c1-4-8(2)12(7-11(13)14)10-5-6-15-9(10)3/h8-10H,4-7H2,1-3H3,(H,13,14). The van der Waals surface area contributed by atoms with Gasteiger partial charge in [0.05, 0.1) is 6.54 Å². The first kappa shape index (κ1) is 12.8. The van der Waals surface area contributed by atoms with Gasteiger partial charge < -0.3 is 5.11 Å². The molecule has 0 aromatic carbocycles. The highest BCUT2D eigenvalue weighted by molar-refractivity contribution is 8.00. The fraction of sp³-hybridized carbons (Fsp3) is 0.909. The summed E-state index contributed by atoms with van der Waals surface area (Å²) in [5.74, 6) is 0.456. The van der Waals surface area contributed by atoms with Gasteiger partial charge in [-0.2, -0.15) is 11.8 Å². The van der Waals surface area contributed by atoms with Crippen LogP contribution < -0.4 is 0 Å². The lowest BCUT2D eigenvalue weighted by Gasteiger charge is -2.34. The first-order chi connectivity index (χ1) is 7.06. The Balaban J connectivity index is 2.66. The molecule has 0 bridgehead atoms. The van der Waals surface area contributed by atoms with Crippen molar-refractivity contribution in [2.24, 2.45) is 0 Å². The fourth-order valence-electron chi connectivity index (χ4n) is 2.15. The van der Waals surface area contributed by atoms with Crippen molar-refractivity contribution in [3.05, 3.63) is 0 Å². The molecule has 1 saturated heterocycles. The zero-order valence-corrected chi connectivity index (χ0v) is 10.6. The first-order valence-electron chi connectivity index (χ1n) is 5.65. The van der Waals surface area contributed by atoms with E-state index in [0.29, 0.717) is 17.3 Å². The van der Waals surface area contributed by atoms with E-state index in [0.717, 1.165) is 12.8 Å². The lowest BCUT2D eigenvalue weighted by Crippen LogP contribution is -2.46. The molecule has 0 aromatic heterocycles. The molecular weight excluding hydrogens is 210 g/mol. The maximum absolute atomic E-state index is 10.8. The van der Waals surface area contributed by atoms with Crippen molar-refractivity contribution in [3.63, 3.8) is 0 Å². The minimum atomic E-state index is -0.709. The van der Waals surface area contributed by atoms with E-state index in [4.69, 9.17) is 5.11 Å². The van der Waals surface area contributed by atoms with E-state index in [1.165, 1.54) is 5.75 Å². The van der Waals surface area contributed by atoms with Crippen LogP contribution in [0.25, 0.3) is 0 Å². The van der Waals surface area contributed by atoms with E-state index < -0.39 is 5.97 Å². The SMILES string of the molecule is CCC(C)N(CC(=O)O)C1CCSC1C. The highest BCUT2D eigenvalue weighted by Crippen LogP contribution is 2.31. The third-order valence-corrected chi connectivity index (χ3v) is 4.55. The minimum Gasteiger partial charge on any atom is -0.480 e. The lowest BCUT2D eigenvalue weighted by atomic mass is 10.1. The Bertz CT molecular complexity index is 223. The van der Waals surface area contributed by atoms with E-state index in [1.807, 2.05) is 11.8 Å². The van der Waals surface area contributed by atoms with Gasteiger partial charge in [0.25, 0.3) is 0 Å². The van der Waals surface area contributed by atoms with Crippen molar-refractivity contribution in [2.45, 2.75) is 50.9 Å². The number of hydrogen-bond donors (Lipinski definition) is 1. The highest BCUT2D eigenvalue weighted by Gasteiger charge is 2.32. The lowest BCUT2D eigenvalue weighted by molar-refractivity contribution is -0.139. The summed E-state index contributed by atoms with van der Waals surface area (Å²) in [5.41, 5.74) is 0. The van der Waals surface area contributed by atoms with E-state index in [9.17, 15) is 4.79 Å². The Morgan fingerprint density at radius 1 is 1.67 bits per heavy atom. The van der Waals surface area contributed by atoms with Gasteiger partial charge in [0.2, 0.25) is 0 Å². The molecule has 15 heavy (non-hydrogen) atoms. The minimum absolute atomic E-state index is 0.185. The molecule has 0 saturated carbocycles. The largest absolute Gasteiger partial charge is 0.480 e. The summed E-state index contributed by atoms with van der Waals surface area (Å²) in [5, 5.41) is 9.49. The van der Waals surface area contributed by atoms with Crippen LogP contribution in [0.1, 0.15) is 33.6 Å². The van der Waals surface area contributed by atoms with Crippen LogP contribution in [0.5, 0.6) is 0 Å². The Hall–Kier alpha value is -0.220. The number of thioether (sulfide) groups is 1. The third kappa shape index (κ3) is 3.38. The summed E-state index contributed by atoms with van der Waals surface area (Å²) < 4.78 is 0. The molecule has 3 nitrogen and oxygen atoms in total. The molecule has 0 radical (unpaired) electrons. The van der Waals surface area contributed by atoms with Crippen molar-refractivity contribution in [3.8, 4) is 0 Å². The summed E-state index contributed by atoms with van der Waals surface area (Å²) in [6.07, 6.45) is 2.14. The molecule has 4 heteroatoms. The summed E-state index contributed by atoms with van der Waals surface area (Å²) in [4.78, 5) is 13.0. The van der Waals surface area contributed by atoms with Crippen LogP contribution >= 0.6 is 11.8 Å². The van der Waals surface area contributed by atoms with E-state index in [2.05, 4.69) is 25.7 Å². The number of carbonyl (C=O) groups is 1. The fourth-order valence-corrected chi connectivity index (χ4v) is 3.41. The number of carboxylic acids is 1. The van der Waals surface area contributed by atoms with Crippen LogP contribution in [0.15, 0.2) is 0 Å². The second-order valence-electron chi connectivity index (χ2n) is 4.26. The molecule has 3 unspecified atom stereocenters. The summed E-state index contributed by atoms with van der Waals surface area (Å²) in [6.45, 7) is 6.63. The number of aliphatic carboxylic acids is 1. The second kappa shape index (κ2) is 5.75. The van der Waals surface area contributed by atoms with Crippen molar-refractivity contribution in [1.29, 1.82) is 0 Å². The first-order valence-corrected chi connectivity index (χ1v) is 6.70. The normalized spacial score (nSPS) is 28.3. The van der Waals surface area contributed by atoms with Crippen molar-refractivity contribution in [2.75, 3.05) is 12.3 Å². The Kier molecular flexibility index (Phi) is 4.93. The maximum atomic E-state index is 10.8. The van der Waals surface area contributed by atoms with Crippen LogP contribution in [0, 0.1) is 0 Å². The zero-order valence-electron chi connectivity index (χ0n) is 9.77. The van der Waals surface area contributed by atoms with Gasteiger partial charge in [0.15, 0.2) is 0 Å². The van der Waals surface area contributed by atoms with Crippen molar-refractivity contribution >= 4 is 17.7 Å². The molecule has 0 aromatic rings.